The summed E-state index contributed by atoms with van der Waals surface area (Å²) >= 11 is 0. The van der Waals surface area contributed by atoms with Crippen LogP contribution in [0.5, 0.6) is 0 Å². The fourth-order valence-corrected chi connectivity index (χ4v) is 7.30. The van der Waals surface area contributed by atoms with E-state index in [-0.39, 0.29) is 38.0 Å². The molecule has 242 valence electrons. The molecule has 0 radical (unpaired) electrons. The Labute approximate surface area is 289 Å². The average Bonchev–Trinajstić information content (AvgIpc) is 3.16. The van der Waals surface area contributed by atoms with Crippen molar-refractivity contribution in [3.05, 3.63) is 168 Å². The van der Waals surface area contributed by atoms with Crippen LogP contribution < -0.4 is 9.80 Å². The maximum atomic E-state index is 13.0. The summed E-state index contributed by atoms with van der Waals surface area (Å²) in [5, 5.41) is 4.62. The number of esters is 2. The second-order valence-corrected chi connectivity index (χ2v) is 12.7. The van der Waals surface area contributed by atoms with Gasteiger partial charge in [0.2, 0.25) is 0 Å². The maximum Gasteiger partial charge on any atom is 0.310 e. The molecule has 0 saturated heterocycles. The van der Waals surface area contributed by atoms with Gasteiger partial charge >= 0.3 is 11.9 Å². The van der Waals surface area contributed by atoms with Gasteiger partial charge in [0.1, 0.15) is 13.2 Å². The number of hydrogen-bond donors (Lipinski definition) is 0. The molecule has 0 amide bonds. The third-order valence-corrected chi connectivity index (χ3v) is 9.67. The fraction of sp³-hybridized carbons (Fsp3) is 0.0909. The van der Waals surface area contributed by atoms with E-state index in [4.69, 9.17) is 9.47 Å². The summed E-state index contributed by atoms with van der Waals surface area (Å²) < 4.78 is 11.5. The van der Waals surface area contributed by atoms with E-state index in [0.717, 1.165) is 67.2 Å². The Morgan fingerprint density at radius 2 is 0.760 bits per heavy atom. The Bertz CT molecular complexity index is 2270. The zero-order chi connectivity index (χ0) is 33.6. The van der Waals surface area contributed by atoms with Crippen LogP contribution >= 0.6 is 0 Å². The molecule has 0 N–H and O–H groups in total. The lowest BCUT2D eigenvalue weighted by Gasteiger charge is -2.42. The van der Waals surface area contributed by atoms with Gasteiger partial charge in [-0.25, -0.2) is 0 Å². The Kier molecular flexibility index (Phi) is 7.28. The minimum absolute atomic E-state index is 0.0713. The molecule has 12 rings (SSSR count). The first-order chi connectivity index (χ1) is 24.6. The van der Waals surface area contributed by atoms with Crippen molar-refractivity contribution in [2.24, 2.45) is 0 Å². The second-order valence-electron chi connectivity index (χ2n) is 12.7. The SMILES string of the molecule is O=C1Cc2ccccc2CC(=O)OCc2ccc(cc2)N2c3ccccc3N(c3ccc(cc3)CO1)c1c2c2ccccc2c2ccccc12. The molecule has 50 heavy (non-hydrogen) atoms. The molecule has 5 aliphatic rings. The van der Waals surface area contributed by atoms with E-state index in [9.17, 15) is 9.59 Å². The first-order valence-electron chi connectivity index (χ1n) is 16.8. The molecule has 0 aliphatic carbocycles. The third-order valence-electron chi connectivity index (χ3n) is 9.67. The number of fused-ring (bicyclic) bond motifs is 5. The van der Waals surface area contributed by atoms with Gasteiger partial charge < -0.3 is 19.3 Å². The lowest BCUT2D eigenvalue weighted by atomic mass is 9.93. The van der Waals surface area contributed by atoms with E-state index in [2.05, 4.69) is 107 Å². The smallest absolute Gasteiger partial charge is 0.310 e. The minimum atomic E-state index is -0.352. The third kappa shape index (κ3) is 5.13. The number of hydrogen-bond acceptors (Lipinski definition) is 6. The van der Waals surface area contributed by atoms with Crippen LogP contribution in [-0.4, -0.2) is 11.9 Å². The highest BCUT2D eigenvalue weighted by molar-refractivity contribution is 6.25. The van der Waals surface area contributed by atoms with Crippen LogP contribution in [0.25, 0.3) is 21.5 Å². The molecular formula is C44H32N2O4. The maximum absolute atomic E-state index is 13.0. The summed E-state index contributed by atoms with van der Waals surface area (Å²) in [5.41, 5.74) is 9.53. The summed E-state index contributed by atoms with van der Waals surface area (Å²) in [6, 6.07) is 49.6. The lowest BCUT2D eigenvalue weighted by Crippen LogP contribution is -2.24. The normalized spacial score (nSPS) is 14.4. The van der Waals surface area contributed by atoms with Gasteiger partial charge in [0.05, 0.1) is 35.6 Å². The molecular weight excluding hydrogens is 620 g/mol. The van der Waals surface area contributed by atoms with Crippen LogP contribution in [0.3, 0.4) is 0 Å². The fourth-order valence-electron chi connectivity index (χ4n) is 7.30. The van der Waals surface area contributed by atoms with Crippen LogP contribution in [0.4, 0.5) is 34.1 Å². The molecule has 0 aromatic heterocycles. The van der Waals surface area contributed by atoms with Crippen molar-refractivity contribution in [2.75, 3.05) is 9.80 Å². The monoisotopic (exact) mass is 652 g/mol. The van der Waals surface area contributed by atoms with E-state index in [1.54, 1.807) is 0 Å². The van der Waals surface area contributed by atoms with Crippen LogP contribution in [0.15, 0.2) is 146 Å². The van der Waals surface area contributed by atoms with E-state index in [1.807, 2.05) is 48.5 Å². The van der Waals surface area contributed by atoms with Gasteiger partial charge in [-0.3, -0.25) is 9.59 Å². The highest BCUT2D eigenvalue weighted by atomic mass is 16.5. The molecule has 5 aliphatic heterocycles. The number of para-hydroxylation sites is 2. The van der Waals surface area contributed by atoms with Gasteiger partial charge in [-0.1, -0.05) is 109 Å². The molecule has 0 unspecified atom stereocenters. The van der Waals surface area contributed by atoms with Gasteiger partial charge in [0.15, 0.2) is 0 Å². The van der Waals surface area contributed by atoms with Gasteiger partial charge in [0.25, 0.3) is 0 Å². The molecule has 0 fully saturated rings. The van der Waals surface area contributed by atoms with Crippen LogP contribution in [0.2, 0.25) is 0 Å². The Balaban J connectivity index is 1.25. The van der Waals surface area contributed by atoms with Crippen molar-refractivity contribution < 1.29 is 19.1 Å². The predicted octanol–water partition coefficient (Wildman–Crippen LogP) is 10.1. The summed E-state index contributed by atoms with van der Waals surface area (Å²) in [6.45, 7) is 0.293. The van der Waals surface area contributed by atoms with Crippen molar-refractivity contribution >= 4 is 67.6 Å². The number of ether oxygens (including phenoxy) is 2. The van der Waals surface area contributed by atoms with Gasteiger partial charge in [-0.15, -0.1) is 0 Å². The number of rotatable bonds is 0. The topological polar surface area (TPSA) is 59.1 Å². The first-order valence-corrected chi connectivity index (χ1v) is 16.8. The van der Waals surface area contributed by atoms with E-state index in [1.165, 1.54) is 10.8 Å². The largest absolute Gasteiger partial charge is 0.461 e. The highest BCUT2D eigenvalue weighted by Crippen LogP contribution is 2.58. The zero-order valence-electron chi connectivity index (χ0n) is 27.2. The zero-order valence-corrected chi connectivity index (χ0v) is 27.2. The number of anilines is 6. The summed E-state index contributed by atoms with van der Waals surface area (Å²) in [4.78, 5) is 30.7. The summed E-state index contributed by atoms with van der Waals surface area (Å²) in [7, 11) is 0. The molecule has 0 spiro atoms. The molecule has 0 atom stereocenters. The quantitative estimate of drug-likeness (QED) is 0.120. The average molecular weight is 653 g/mol. The summed E-state index contributed by atoms with van der Waals surface area (Å²) in [6.07, 6.45) is 0.143. The Morgan fingerprint density at radius 1 is 0.400 bits per heavy atom. The number of carbonyl (C=O) groups excluding carboxylic acids is 2. The molecule has 5 heterocycles. The van der Waals surface area contributed by atoms with Crippen molar-refractivity contribution in [3.8, 4) is 0 Å². The summed E-state index contributed by atoms with van der Waals surface area (Å²) in [5.74, 6) is -0.705. The first kappa shape index (κ1) is 29.7. The number of nitrogens with zero attached hydrogens (tertiary/aromatic N) is 2. The van der Waals surface area contributed by atoms with E-state index in [0.29, 0.717) is 0 Å². The molecule has 0 saturated carbocycles. The Hall–Kier alpha value is -6.40. The van der Waals surface area contributed by atoms with Crippen molar-refractivity contribution in [3.63, 3.8) is 0 Å². The van der Waals surface area contributed by atoms with Crippen LogP contribution in [0, 0.1) is 0 Å². The Morgan fingerprint density at radius 3 is 1.18 bits per heavy atom. The molecule has 6 bridgehead atoms. The van der Waals surface area contributed by atoms with E-state index < -0.39 is 0 Å². The van der Waals surface area contributed by atoms with Crippen molar-refractivity contribution in [1.82, 2.24) is 0 Å². The molecule has 6 heteroatoms. The highest BCUT2D eigenvalue weighted by Gasteiger charge is 2.34. The standard InChI is InChI=1S/C44H32N2O4/c47-41-25-31-9-1-2-10-32(31)26-42(48)50-28-30-19-23-34(24-20-30)46-40-16-8-7-15-39(40)45(33-21-17-29(18-22-33)27-49-41)43-37-13-5-3-11-35(37)36-12-4-6-14-38(36)44(43)46/h1-24H,25-28H2. The van der Waals surface area contributed by atoms with Crippen molar-refractivity contribution in [1.29, 1.82) is 0 Å². The van der Waals surface area contributed by atoms with E-state index >= 15 is 0 Å². The molecule has 7 aromatic rings. The van der Waals surface area contributed by atoms with Gasteiger partial charge in [0, 0.05) is 22.1 Å². The predicted molar refractivity (Wildman–Crippen MR) is 198 cm³/mol. The number of benzene rings is 7. The van der Waals surface area contributed by atoms with Crippen LogP contribution in [-0.2, 0) is 45.1 Å². The van der Waals surface area contributed by atoms with Gasteiger partial charge in [-0.2, -0.15) is 0 Å². The minimum Gasteiger partial charge on any atom is -0.461 e. The second kappa shape index (κ2) is 12.2. The lowest BCUT2D eigenvalue weighted by molar-refractivity contribution is -0.145. The molecule has 6 nitrogen and oxygen atoms in total. The van der Waals surface area contributed by atoms with Gasteiger partial charge in [-0.05, 0) is 69.4 Å². The molecule has 7 aromatic carbocycles. The van der Waals surface area contributed by atoms with Crippen LogP contribution in [0.1, 0.15) is 22.3 Å². The van der Waals surface area contributed by atoms with Crippen molar-refractivity contribution in [2.45, 2.75) is 26.1 Å². The number of carbonyl (C=O) groups is 2.